The monoisotopic (exact) mass is 231 g/mol. The molecule has 5 heteroatoms. The summed E-state index contributed by atoms with van der Waals surface area (Å²) in [6, 6.07) is 4.86. The van der Waals surface area contributed by atoms with E-state index in [0.717, 1.165) is 16.2 Å². The molecule has 0 amide bonds. The van der Waals surface area contributed by atoms with Crippen molar-refractivity contribution in [3.63, 3.8) is 0 Å². The first-order chi connectivity index (χ1) is 6.65. The van der Waals surface area contributed by atoms with Crippen molar-refractivity contribution in [3.8, 4) is 0 Å². The maximum absolute atomic E-state index is 10.5. The van der Waals surface area contributed by atoms with Crippen molar-refractivity contribution in [3.05, 3.63) is 33.9 Å². The molecule has 0 unspecified atom stereocenters. The quantitative estimate of drug-likeness (QED) is 0.346. The Labute approximate surface area is 91.6 Å². The molecule has 1 rings (SSSR count). The fraction of sp³-hybridized carbons (Fsp3) is 0.333. The number of nitro benzene ring substituents is 1. The molecule has 0 aliphatic heterocycles. The SMILES string of the molecule is Cc1ccc([N+](=O)[O-])cc1SCCCl. The van der Waals surface area contributed by atoms with Gasteiger partial charge in [0.15, 0.2) is 0 Å². The van der Waals surface area contributed by atoms with Gasteiger partial charge in [0.05, 0.1) is 4.92 Å². The lowest BCUT2D eigenvalue weighted by atomic mass is 10.2. The molecule has 0 spiro atoms. The molecule has 0 radical (unpaired) electrons. The van der Waals surface area contributed by atoms with Crippen LogP contribution in [0.2, 0.25) is 0 Å². The standard InChI is InChI=1S/C9H10ClNO2S/c1-7-2-3-8(11(12)13)6-9(7)14-5-4-10/h2-3,6H,4-5H2,1H3. The molecule has 0 aromatic heterocycles. The van der Waals surface area contributed by atoms with Crippen molar-refractivity contribution in [2.24, 2.45) is 0 Å². The largest absolute Gasteiger partial charge is 0.270 e. The van der Waals surface area contributed by atoms with Crippen LogP contribution in [-0.2, 0) is 0 Å². The van der Waals surface area contributed by atoms with Gasteiger partial charge in [0.1, 0.15) is 0 Å². The van der Waals surface area contributed by atoms with Crippen molar-refractivity contribution < 1.29 is 4.92 Å². The van der Waals surface area contributed by atoms with Gasteiger partial charge >= 0.3 is 0 Å². The van der Waals surface area contributed by atoms with Crippen LogP contribution in [0.15, 0.2) is 23.1 Å². The lowest BCUT2D eigenvalue weighted by Gasteiger charge is -2.03. The summed E-state index contributed by atoms with van der Waals surface area (Å²) in [7, 11) is 0. The van der Waals surface area contributed by atoms with Crippen molar-refractivity contribution in [1.29, 1.82) is 0 Å². The maximum atomic E-state index is 10.5. The van der Waals surface area contributed by atoms with E-state index in [1.165, 1.54) is 6.07 Å². The van der Waals surface area contributed by atoms with E-state index in [-0.39, 0.29) is 10.6 Å². The highest BCUT2D eigenvalue weighted by Gasteiger charge is 2.08. The molecule has 0 saturated heterocycles. The molecular formula is C9H10ClNO2S. The summed E-state index contributed by atoms with van der Waals surface area (Å²) in [6.45, 7) is 1.93. The molecule has 0 heterocycles. The molecule has 0 fully saturated rings. The predicted molar refractivity (Wildman–Crippen MR) is 59.3 cm³/mol. The molecule has 76 valence electrons. The second-order valence-corrected chi connectivity index (χ2v) is 4.26. The highest BCUT2D eigenvalue weighted by Crippen LogP contribution is 2.26. The summed E-state index contributed by atoms with van der Waals surface area (Å²) in [5, 5.41) is 10.5. The van der Waals surface area contributed by atoms with E-state index < -0.39 is 0 Å². The molecule has 14 heavy (non-hydrogen) atoms. The van der Waals surface area contributed by atoms with E-state index in [9.17, 15) is 10.1 Å². The molecule has 0 N–H and O–H groups in total. The minimum atomic E-state index is -0.385. The van der Waals surface area contributed by atoms with Crippen LogP contribution in [0.4, 0.5) is 5.69 Å². The Hall–Kier alpha value is -0.740. The number of halogens is 1. The highest BCUT2D eigenvalue weighted by atomic mass is 35.5. The van der Waals surface area contributed by atoms with Gasteiger partial charge < -0.3 is 0 Å². The fourth-order valence-corrected chi connectivity index (χ4v) is 2.03. The van der Waals surface area contributed by atoms with Crippen LogP contribution in [0.1, 0.15) is 5.56 Å². The first-order valence-corrected chi connectivity index (χ1v) is 5.61. The number of benzene rings is 1. The second-order valence-electron chi connectivity index (χ2n) is 2.74. The minimum Gasteiger partial charge on any atom is -0.258 e. The summed E-state index contributed by atoms with van der Waals surface area (Å²) in [6.07, 6.45) is 0. The van der Waals surface area contributed by atoms with E-state index in [2.05, 4.69) is 0 Å². The number of hydrogen-bond acceptors (Lipinski definition) is 3. The number of rotatable bonds is 4. The number of hydrogen-bond donors (Lipinski definition) is 0. The molecule has 0 bridgehead atoms. The molecule has 3 nitrogen and oxygen atoms in total. The van der Waals surface area contributed by atoms with Gasteiger partial charge in [-0.3, -0.25) is 10.1 Å². The molecule has 1 aromatic rings. The Morgan fingerprint density at radius 3 is 2.86 bits per heavy atom. The Balaban J connectivity index is 2.90. The Morgan fingerprint density at radius 1 is 1.57 bits per heavy atom. The average molecular weight is 232 g/mol. The summed E-state index contributed by atoms with van der Waals surface area (Å²) in [4.78, 5) is 11.1. The van der Waals surface area contributed by atoms with Crippen LogP contribution in [0.3, 0.4) is 0 Å². The lowest BCUT2D eigenvalue weighted by molar-refractivity contribution is -0.385. The summed E-state index contributed by atoms with van der Waals surface area (Å²) in [5.74, 6) is 1.32. The molecule has 0 saturated carbocycles. The number of thioether (sulfide) groups is 1. The van der Waals surface area contributed by atoms with Crippen LogP contribution in [-0.4, -0.2) is 16.6 Å². The lowest BCUT2D eigenvalue weighted by Crippen LogP contribution is -1.90. The minimum absolute atomic E-state index is 0.132. The van der Waals surface area contributed by atoms with Crippen LogP contribution in [0.5, 0.6) is 0 Å². The van der Waals surface area contributed by atoms with E-state index in [4.69, 9.17) is 11.6 Å². The maximum Gasteiger partial charge on any atom is 0.270 e. The number of nitro groups is 1. The summed E-state index contributed by atoms with van der Waals surface area (Å²) in [5.41, 5.74) is 1.18. The highest BCUT2D eigenvalue weighted by molar-refractivity contribution is 7.99. The first kappa shape index (κ1) is 11.3. The predicted octanol–water partition coefficient (Wildman–Crippen LogP) is 3.23. The van der Waals surface area contributed by atoms with Crippen molar-refractivity contribution in [2.45, 2.75) is 11.8 Å². The van der Waals surface area contributed by atoms with Crippen LogP contribution in [0, 0.1) is 17.0 Å². The third-order valence-corrected chi connectivity index (χ3v) is 3.29. The van der Waals surface area contributed by atoms with Crippen LogP contribution < -0.4 is 0 Å². The molecule has 0 aliphatic rings. The van der Waals surface area contributed by atoms with Crippen molar-refractivity contribution in [1.82, 2.24) is 0 Å². The zero-order valence-electron chi connectivity index (χ0n) is 7.70. The topological polar surface area (TPSA) is 43.1 Å². The Morgan fingerprint density at radius 2 is 2.29 bits per heavy atom. The zero-order valence-corrected chi connectivity index (χ0v) is 9.27. The van der Waals surface area contributed by atoms with Crippen molar-refractivity contribution >= 4 is 29.1 Å². The van der Waals surface area contributed by atoms with E-state index >= 15 is 0 Å². The molecule has 0 aliphatic carbocycles. The Bertz CT molecular complexity index is 344. The first-order valence-electron chi connectivity index (χ1n) is 4.09. The summed E-state index contributed by atoms with van der Waals surface area (Å²) < 4.78 is 0. The normalized spacial score (nSPS) is 10.1. The van der Waals surface area contributed by atoms with Gasteiger partial charge in [-0.05, 0) is 12.5 Å². The molecular weight excluding hydrogens is 222 g/mol. The van der Waals surface area contributed by atoms with Gasteiger partial charge in [0.25, 0.3) is 5.69 Å². The number of non-ortho nitro benzene ring substituents is 1. The molecule has 1 aromatic carbocycles. The third-order valence-electron chi connectivity index (χ3n) is 1.72. The van der Waals surface area contributed by atoms with Gasteiger partial charge in [-0.25, -0.2) is 0 Å². The van der Waals surface area contributed by atoms with Crippen LogP contribution in [0.25, 0.3) is 0 Å². The summed E-state index contributed by atoms with van der Waals surface area (Å²) >= 11 is 7.09. The zero-order chi connectivity index (χ0) is 10.6. The number of nitrogens with zero attached hydrogens (tertiary/aromatic N) is 1. The van der Waals surface area contributed by atoms with E-state index in [1.807, 2.05) is 6.92 Å². The van der Waals surface area contributed by atoms with Crippen molar-refractivity contribution in [2.75, 3.05) is 11.6 Å². The second kappa shape index (κ2) is 5.22. The van der Waals surface area contributed by atoms with Crippen LogP contribution >= 0.6 is 23.4 Å². The fourth-order valence-electron chi connectivity index (χ4n) is 1.01. The number of alkyl halides is 1. The Kier molecular flexibility index (Phi) is 4.22. The van der Waals surface area contributed by atoms with E-state index in [0.29, 0.717) is 5.88 Å². The smallest absolute Gasteiger partial charge is 0.258 e. The van der Waals surface area contributed by atoms with Gasteiger partial charge in [-0.15, -0.1) is 23.4 Å². The average Bonchev–Trinajstić information content (AvgIpc) is 2.16. The van der Waals surface area contributed by atoms with Gasteiger partial charge in [-0.2, -0.15) is 0 Å². The third kappa shape index (κ3) is 2.89. The molecule has 0 atom stereocenters. The van der Waals surface area contributed by atoms with Gasteiger partial charge in [-0.1, -0.05) is 6.07 Å². The van der Waals surface area contributed by atoms with Gasteiger partial charge in [0.2, 0.25) is 0 Å². The van der Waals surface area contributed by atoms with E-state index in [1.54, 1.807) is 23.9 Å². The number of aryl methyl sites for hydroxylation is 1. The van der Waals surface area contributed by atoms with Gasteiger partial charge in [0, 0.05) is 28.7 Å².